The van der Waals surface area contributed by atoms with Gasteiger partial charge in [-0.1, -0.05) is 92.2 Å². The molecule has 38 heavy (non-hydrogen) atoms. The van der Waals surface area contributed by atoms with Gasteiger partial charge in [0.15, 0.2) is 5.78 Å². The lowest BCUT2D eigenvalue weighted by atomic mass is 9.40. The normalized spacial score (nSPS) is 41.4. The molecular formula is C36H42O2. The van der Waals surface area contributed by atoms with Gasteiger partial charge in [0.25, 0.3) is 0 Å². The summed E-state index contributed by atoms with van der Waals surface area (Å²) in [7, 11) is 0. The maximum absolute atomic E-state index is 14.4. The fraction of sp³-hybridized carbons (Fsp3) is 0.528. The number of benzene rings is 2. The van der Waals surface area contributed by atoms with Crippen LogP contribution in [0.4, 0.5) is 0 Å². The maximum Gasteiger partial charge on any atom is 0.166 e. The van der Waals surface area contributed by atoms with Gasteiger partial charge >= 0.3 is 0 Å². The standard InChI is InChI=1S/C36H42O2/c1-24(14-16-29(25-10-6-4-7-11-25)26-12-8-5-9-13-26)30-18-19-31-32-17-15-27-22-28-20-21-35(27,3)36(32,38-28)33(37)23-34(30,31)2/h4-14,16,27-28,30-32H,15,17-23H2,1-3H3/b24-14+. The second kappa shape index (κ2) is 8.78. The highest BCUT2D eigenvalue weighted by atomic mass is 16.5. The van der Waals surface area contributed by atoms with E-state index in [9.17, 15) is 4.79 Å². The SMILES string of the molecule is C/C(=C\C=C(c1ccccc1)c1ccccc1)C1CCC2C3CCC4CC5CCC4(C)C3(O5)C(=O)CC12C. The van der Waals surface area contributed by atoms with Gasteiger partial charge in [-0.2, -0.15) is 0 Å². The van der Waals surface area contributed by atoms with Gasteiger partial charge in [0, 0.05) is 11.8 Å². The van der Waals surface area contributed by atoms with E-state index in [1.54, 1.807) is 0 Å². The van der Waals surface area contributed by atoms with Crippen LogP contribution < -0.4 is 0 Å². The molecule has 0 N–H and O–H groups in total. The molecule has 198 valence electrons. The minimum atomic E-state index is -0.499. The van der Waals surface area contributed by atoms with E-state index in [0.717, 1.165) is 6.42 Å². The fourth-order valence-corrected chi connectivity index (χ4v) is 10.3. The highest BCUT2D eigenvalue weighted by Crippen LogP contribution is 2.72. The first kappa shape index (κ1) is 24.6. The van der Waals surface area contributed by atoms with Gasteiger partial charge in [-0.15, -0.1) is 0 Å². The molecule has 8 unspecified atom stereocenters. The third-order valence-corrected chi connectivity index (χ3v) is 12.1. The van der Waals surface area contributed by atoms with E-state index < -0.39 is 5.60 Å². The predicted octanol–water partition coefficient (Wildman–Crippen LogP) is 8.42. The zero-order chi connectivity index (χ0) is 26.1. The van der Waals surface area contributed by atoms with Gasteiger partial charge < -0.3 is 4.74 Å². The van der Waals surface area contributed by atoms with Gasteiger partial charge in [-0.3, -0.25) is 4.79 Å². The summed E-state index contributed by atoms with van der Waals surface area (Å²) < 4.78 is 6.92. The molecule has 4 aliphatic carbocycles. The lowest BCUT2D eigenvalue weighted by Crippen LogP contribution is -2.75. The summed E-state index contributed by atoms with van der Waals surface area (Å²) in [6.07, 6.45) is 14.1. The Balaban J connectivity index is 1.23. The van der Waals surface area contributed by atoms with Crippen molar-refractivity contribution in [3.63, 3.8) is 0 Å². The summed E-state index contributed by atoms with van der Waals surface area (Å²) in [6.45, 7) is 7.19. The van der Waals surface area contributed by atoms with E-state index in [-0.39, 0.29) is 10.8 Å². The molecule has 2 aromatic rings. The summed E-state index contributed by atoms with van der Waals surface area (Å²) in [4.78, 5) is 14.4. The van der Waals surface area contributed by atoms with Gasteiger partial charge in [-0.05, 0) is 97.7 Å². The molecular weight excluding hydrogens is 464 g/mol. The Morgan fingerprint density at radius 2 is 1.50 bits per heavy atom. The van der Waals surface area contributed by atoms with Crippen LogP contribution in [0.3, 0.4) is 0 Å². The van der Waals surface area contributed by atoms with Crippen molar-refractivity contribution in [1.29, 1.82) is 0 Å². The van der Waals surface area contributed by atoms with Crippen molar-refractivity contribution in [2.75, 3.05) is 0 Å². The lowest BCUT2D eigenvalue weighted by Gasteiger charge is -2.70. The molecule has 1 spiro atoms. The summed E-state index contributed by atoms with van der Waals surface area (Å²) in [5.74, 6) is 2.55. The third-order valence-electron chi connectivity index (χ3n) is 12.1. The van der Waals surface area contributed by atoms with Crippen LogP contribution in [0.25, 0.3) is 5.57 Å². The number of ether oxygens (including phenoxy) is 1. The molecule has 2 saturated heterocycles. The molecule has 0 amide bonds. The summed E-state index contributed by atoms with van der Waals surface area (Å²) in [5.41, 5.74) is 4.74. The third kappa shape index (κ3) is 3.32. The van der Waals surface area contributed by atoms with Crippen LogP contribution >= 0.6 is 0 Å². The van der Waals surface area contributed by atoms with E-state index in [2.05, 4.69) is 93.6 Å². The first-order valence-corrected chi connectivity index (χ1v) is 15.1. The van der Waals surface area contributed by atoms with Crippen molar-refractivity contribution in [2.45, 2.75) is 83.8 Å². The predicted molar refractivity (Wildman–Crippen MR) is 153 cm³/mol. The number of carbonyl (C=O) groups is 1. The summed E-state index contributed by atoms with van der Waals surface area (Å²) in [5, 5.41) is 0. The molecule has 0 radical (unpaired) electrons. The van der Waals surface area contributed by atoms with E-state index in [1.807, 2.05) is 0 Å². The molecule has 4 bridgehead atoms. The first-order valence-electron chi connectivity index (χ1n) is 15.1. The number of rotatable bonds is 4. The number of allylic oxidation sites excluding steroid dienone is 3. The van der Waals surface area contributed by atoms with Crippen LogP contribution in [0.5, 0.6) is 0 Å². The van der Waals surface area contributed by atoms with Crippen LogP contribution in [0.15, 0.2) is 78.4 Å². The smallest absolute Gasteiger partial charge is 0.166 e. The number of carbonyl (C=O) groups excluding carboxylic acids is 1. The monoisotopic (exact) mass is 506 g/mol. The molecule has 2 heterocycles. The average molecular weight is 507 g/mol. The number of ketones is 1. The first-order chi connectivity index (χ1) is 18.4. The van der Waals surface area contributed by atoms with Crippen LogP contribution in [0.1, 0.15) is 83.3 Å². The number of hydrogen-bond donors (Lipinski definition) is 0. The molecule has 8 rings (SSSR count). The zero-order valence-corrected chi connectivity index (χ0v) is 23.3. The molecule has 2 heteroatoms. The van der Waals surface area contributed by atoms with E-state index >= 15 is 0 Å². The van der Waals surface area contributed by atoms with Gasteiger partial charge in [0.1, 0.15) is 5.60 Å². The highest BCUT2D eigenvalue weighted by Gasteiger charge is 2.74. The van der Waals surface area contributed by atoms with Crippen molar-refractivity contribution in [1.82, 2.24) is 0 Å². The molecule has 6 fully saturated rings. The quantitative estimate of drug-likeness (QED) is 0.389. The average Bonchev–Trinajstić information content (AvgIpc) is 3.26. The minimum absolute atomic E-state index is 0.0321. The Hall–Kier alpha value is -2.45. The molecule has 0 aromatic heterocycles. The summed E-state index contributed by atoms with van der Waals surface area (Å²) >= 11 is 0. The lowest BCUT2D eigenvalue weighted by molar-refractivity contribution is -0.307. The van der Waals surface area contributed by atoms with Crippen molar-refractivity contribution < 1.29 is 9.53 Å². The molecule has 6 aliphatic rings. The van der Waals surface area contributed by atoms with Crippen LogP contribution in [0, 0.1) is 34.5 Å². The highest BCUT2D eigenvalue weighted by molar-refractivity contribution is 5.91. The second-order valence-electron chi connectivity index (χ2n) is 13.6. The molecule has 2 aromatic carbocycles. The summed E-state index contributed by atoms with van der Waals surface area (Å²) in [6, 6.07) is 21.4. The van der Waals surface area contributed by atoms with Gasteiger partial charge in [0.2, 0.25) is 0 Å². The molecule has 2 nitrogen and oxygen atoms in total. The van der Waals surface area contributed by atoms with Gasteiger partial charge in [0.05, 0.1) is 6.10 Å². The van der Waals surface area contributed by atoms with Crippen LogP contribution in [-0.4, -0.2) is 17.5 Å². The maximum atomic E-state index is 14.4. The van der Waals surface area contributed by atoms with E-state index in [4.69, 9.17) is 4.74 Å². The molecule has 4 saturated carbocycles. The Labute approximate surface area is 228 Å². The van der Waals surface area contributed by atoms with Crippen molar-refractivity contribution in [2.24, 2.45) is 34.5 Å². The largest absolute Gasteiger partial charge is 0.363 e. The minimum Gasteiger partial charge on any atom is -0.363 e. The second-order valence-corrected chi connectivity index (χ2v) is 13.6. The molecule has 8 atom stereocenters. The Kier molecular flexibility index (Phi) is 5.68. The van der Waals surface area contributed by atoms with Crippen molar-refractivity contribution in [3.8, 4) is 0 Å². The van der Waals surface area contributed by atoms with E-state index in [1.165, 1.54) is 60.8 Å². The van der Waals surface area contributed by atoms with Crippen LogP contribution in [-0.2, 0) is 9.53 Å². The number of fused-ring (bicyclic) bond motifs is 3. The topological polar surface area (TPSA) is 26.3 Å². The number of Topliss-reactive ketones (excluding diaryl/α,β-unsaturated/α-hetero) is 1. The van der Waals surface area contributed by atoms with Crippen molar-refractivity contribution in [3.05, 3.63) is 89.5 Å². The Morgan fingerprint density at radius 1 is 0.842 bits per heavy atom. The zero-order valence-electron chi connectivity index (χ0n) is 23.3. The Bertz CT molecular complexity index is 1250. The fourth-order valence-electron chi connectivity index (χ4n) is 10.3. The Morgan fingerprint density at radius 3 is 2.18 bits per heavy atom. The molecule has 2 aliphatic heterocycles. The van der Waals surface area contributed by atoms with Crippen LogP contribution in [0.2, 0.25) is 0 Å². The number of hydrogen-bond acceptors (Lipinski definition) is 2. The van der Waals surface area contributed by atoms with E-state index in [0.29, 0.717) is 42.0 Å². The van der Waals surface area contributed by atoms with Gasteiger partial charge in [-0.25, -0.2) is 0 Å². The van der Waals surface area contributed by atoms with Crippen molar-refractivity contribution >= 4 is 11.4 Å².